The molecule has 0 aliphatic carbocycles. The van der Waals surface area contributed by atoms with Crippen molar-refractivity contribution in [3.05, 3.63) is 88.9 Å². The number of hydrogen-bond acceptors (Lipinski definition) is 7. The molecule has 3 aromatic carbocycles. The first-order chi connectivity index (χ1) is 18.8. The number of benzene rings is 3. The Morgan fingerprint density at radius 3 is 2.46 bits per heavy atom. The van der Waals surface area contributed by atoms with Crippen molar-refractivity contribution in [3.63, 3.8) is 0 Å². The molecule has 10 heteroatoms. The maximum absolute atomic E-state index is 13.3. The Morgan fingerprint density at radius 1 is 1.03 bits per heavy atom. The molecule has 1 atom stereocenters. The van der Waals surface area contributed by atoms with E-state index in [2.05, 4.69) is 15.6 Å². The summed E-state index contributed by atoms with van der Waals surface area (Å²) in [6, 6.07) is 20.9. The molecule has 1 aliphatic rings. The zero-order valence-corrected chi connectivity index (χ0v) is 22.4. The molecule has 1 aliphatic heterocycles. The SMILES string of the molecule is CCC(=O)NC1CN=C(Nc2ccc(Oc3cccc(CC(=O)OC)c3)cc2)N(Cc2ccc(Cl)cc2)C1=O. The Bertz CT molecular complexity index is 1360. The van der Waals surface area contributed by atoms with E-state index in [0.717, 1.165) is 11.1 Å². The Morgan fingerprint density at radius 2 is 1.77 bits per heavy atom. The van der Waals surface area contributed by atoms with Gasteiger partial charge in [0.05, 0.1) is 26.6 Å². The second-order valence-corrected chi connectivity index (χ2v) is 9.28. The number of halogens is 1. The van der Waals surface area contributed by atoms with E-state index < -0.39 is 6.04 Å². The van der Waals surface area contributed by atoms with E-state index in [-0.39, 0.29) is 43.7 Å². The van der Waals surface area contributed by atoms with Crippen LogP contribution in [0.4, 0.5) is 5.69 Å². The number of hydrogen-bond donors (Lipinski definition) is 2. The average Bonchev–Trinajstić information content (AvgIpc) is 2.94. The van der Waals surface area contributed by atoms with E-state index in [1.54, 1.807) is 43.3 Å². The van der Waals surface area contributed by atoms with Crippen molar-refractivity contribution in [1.29, 1.82) is 0 Å². The van der Waals surface area contributed by atoms with E-state index in [1.165, 1.54) is 12.0 Å². The number of esters is 1. The highest BCUT2D eigenvalue weighted by atomic mass is 35.5. The van der Waals surface area contributed by atoms with E-state index in [9.17, 15) is 14.4 Å². The summed E-state index contributed by atoms with van der Waals surface area (Å²) in [4.78, 5) is 42.9. The predicted octanol–water partition coefficient (Wildman–Crippen LogP) is 4.55. The lowest BCUT2D eigenvalue weighted by Crippen LogP contribution is -2.56. The fraction of sp³-hybridized carbons (Fsp3) is 0.241. The number of rotatable bonds is 9. The number of amides is 2. The first-order valence-electron chi connectivity index (χ1n) is 12.4. The molecule has 4 rings (SSSR count). The molecule has 39 heavy (non-hydrogen) atoms. The summed E-state index contributed by atoms with van der Waals surface area (Å²) >= 11 is 6.02. The molecule has 0 spiro atoms. The van der Waals surface area contributed by atoms with Crippen molar-refractivity contribution in [2.24, 2.45) is 4.99 Å². The number of nitrogens with one attached hydrogen (secondary N) is 2. The normalized spacial score (nSPS) is 14.8. The van der Waals surface area contributed by atoms with Crippen LogP contribution in [0.5, 0.6) is 11.5 Å². The molecule has 0 bridgehead atoms. The van der Waals surface area contributed by atoms with E-state index in [1.807, 2.05) is 36.4 Å². The fourth-order valence-corrected chi connectivity index (χ4v) is 4.02. The van der Waals surface area contributed by atoms with Crippen LogP contribution in [0.3, 0.4) is 0 Å². The van der Waals surface area contributed by atoms with Gasteiger partial charge in [0, 0.05) is 17.1 Å². The quantitative estimate of drug-likeness (QED) is 0.380. The van der Waals surface area contributed by atoms with Crippen LogP contribution in [0, 0.1) is 0 Å². The lowest BCUT2D eigenvalue weighted by molar-refractivity contribution is -0.139. The van der Waals surface area contributed by atoms with Crippen LogP contribution in [0.1, 0.15) is 24.5 Å². The largest absolute Gasteiger partial charge is 0.469 e. The number of carbonyl (C=O) groups excluding carboxylic acids is 3. The third-order valence-electron chi connectivity index (χ3n) is 5.97. The van der Waals surface area contributed by atoms with Crippen LogP contribution >= 0.6 is 11.6 Å². The molecule has 0 radical (unpaired) electrons. The Labute approximate surface area is 231 Å². The van der Waals surface area contributed by atoms with E-state index >= 15 is 0 Å². The molecule has 0 saturated carbocycles. The summed E-state index contributed by atoms with van der Waals surface area (Å²) < 4.78 is 10.7. The minimum Gasteiger partial charge on any atom is -0.469 e. The van der Waals surface area contributed by atoms with Gasteiger partial charge >= 0.3 is 5.97 Å². The van der Waals surface area contributed by atoms with Crippen molar-refractivity contribution in [2.75, 3.05) is 19.0 Å². The zero-order valence-electron chi connectivity index (χ0n) is 21.6. The summed E-state index contributed by atoms with van der Waals surface area (Å²) in [5, 5.41) is 6.56. The van der Waals surface area contributed by atoms with Gasteiger partial charge in [-0.3, -0.25) is 19.3 Å². The number of nitrogens with zero attached hydrogens (tertiary/aromatic N) is 2. The highest BCUT2D eigenvalue weighted by molar-refractivity contribution is 6.30. The smallest absolute Gasteiger partial charge is 0.309 e. The van der Waals surface area contributed by atoms with Crippen molar-refractivity contribution >= 4 is 41.0 Å². The molecular weight excluding hydrogens is 520 g/mol. The standard InChI is InChI=1S/C29H29ClN4O5/c1-3-26(35)33-25-17-31-29(34(28(25)37)18-19-7-9-21(30)10-8-19)32-22-11-13-23(14-12-22)39-24-6-4-5-20(15-24)16-27(36)38-2/h4-15,25H,3,16-18H2,1-2H3,(H,31,32)(H,33,35). The van der Waals surface area contributed by atoms with Crippen molar-refractivity contribution < 1.29 is 23.9 Å². The predicted molar refractivity (Wildman–Crippen MR) is 149 cm³/mol. The minimum absolute atomic E-state index is 0.132. The zero-order chi connectivity index (χ0) is 27.8. The van der Waals surface area contributed by atoms with Gasteiger partial charge in [-0.1, -0.05) is 42.8 Å². The number of methoxy groups -OCH3 is 1. The van der Waals surface area contributed by atoms with E-state index in [0.29, 0.717) is 28.2 Å². The number of anilines is 1. The number of ether oxygens (including phenoxy) is 2. The van der Waals surface area contributed by atoms with Gasteiger partial charge in [-0.2, -0.15) is 0 Å². The summed E-state index contributed by atoms with van der Waals surface area (Å²) in [6.45, 7) is 2.12. The Hall–Kier alpha value is -4.37. The van der Waals surface area contributed by atoms with Crippen LogP contribution < -0.4 is 15.4 Å². The monoisotopic (exact) mass is 548 g/mol. The molecule has 2 N–H and O–H groups in total. The average molecular weight is 549 g/mol. The topological polar surface area (TPSA) is 109 Å². The lowest BCUT2D eigenvalue weighted by Gasteiger charge is -2.32. The van der Waals surface area contributed by atoms with Crippen LogP contribution in [-0.4, -0.2) is 48.3 Å². The maximum atomic E-state index is 13.3. The van der Waals surface area contributed by atoms with Gasteiger partial charge in [0.2, 0.25) is 11.9 Å². The number of guanidine groups is 1. The van der Waals surface area contributed by atoms with Gasteiger partial charge in [-0.05, 0) is 59.7 Å². The van der Waals surface area contributed by atoms with E-state index in [4.69, 9.17) is 21.1 Å². The molecule has 1 heterocycles. The molecule has 9 nitrogen and oxygen atoms in total. The summed E-state index contributed by atoms with van der Waals surface area (Å²) in [6.07, 6.45) is 0.437. The summed E-state index contributed by atoms with van der Waals surface area (Å²) in [7, 11) is 1.35. The Balaban J connectivity index is 1.48. The summed E-state index contributed by atoms with van der Waals surface area (Å²) in [5.41, 5.74) is 2.35. The van der Waals surface area contributed by atoms with Gasteiger partial charge in [-0.25, -0.2) is 4.99 Å². The first kappa shape index (κ1) is 27.7. The molecule has 0 aromatic heterocycles. The van der Waals surface area contributed by atoms with Crippen LogP contribution in [-0.2, 0) is 32.1 Å². The first-order valence-corrected chi connectivity index (χ1v) is 12.8. The second-order valence-electron chi connectivity index (χ2n) is 8.84. The molecule has 0 fully saturated rings. The maximum Gasteiger partial charge on any atom is 0.309 e. The van der Waals surface area contributed by atoms with Crippen LogP contribution in [0.25, 0.3) is 0 Å². The van der Waals surface area contributed by atoms with Crippen molar-refractivity contribution in [3.8, 4) is 11.5 Å². The van der Waals surface area contributed by atoms with Crippen molar-refractivity contribution in [1.82, 2.24) is 10.2 Å². The molecule has 0 saturated heterocycles. The number of aliphatic imine (C=N–C) groups is 1. The van der Waals surface area contributed by atoms with Gasteiger partial charge < -0.3 is 20.1 Å². The van der Waals surface area contributed by atoms with Crippen LogP contribution in [0.2, 0.25) is 5.02 Å². The lowest BCUT2D eigenvalue weighted by atomic mass is 10.1. The van der Waals surface area contributed by atoms with Gasteiger partial charge in [0.1, 0.15) is 17.5 Å². The third kappa shape index (κ3) is 7.58. The highest BCUT2D eigenvalue weighted by Gasteiger charge is 2.33. The third-order valence-corrected chi connectivity index (χ3v) is 6.23. The van der Waals surface area contributed by atoms with Gasteiger partial charge in [0.15, 0.2) is 0 Å². The molecule has 1 unspecified atom stereocenters. The second kappa shape index (κ2) is 12.9. The highest BCUT2D eigenvalue weighted by Crippen LogP contribution is 2.25. The molecule has 202 valence electrons. The summed E-state index contributed by atoms with van der Waals surface area (Å²) in [5.74, 6) is 0.775. The molecular formula is C29H29ClN4O5. The molecule has 2 amide bonds. The van der Waals surface area contributed by atoms with Crippen LogP contribution in [0.15, 0.2) is 77.8 Å². The van der Waals surface area contributed by atoms with Crippen molar-refractivity contribution in [2.45, 2.75) is 32.4 Å². The fourth-order valence-electron chi connectivity index (χ4n) is 3.90. The number of carbonyl (C=O) groups is 3. The minimum atomic E-state index is -0.735. The van der Waals surface area contributed by atoms with Gasteiger partial charge in [-0.15, -0.1) is 0 Å². The van der Waals surface area contributed by atoms with Gasteiger partial charge in [0.25, 0.3) is 5.91 Å². The Kier molecular flexibility index (Phi) is 9.17. The molecule has 3 aromatic rings.